The van der Waals surface area contributed by atoms with Crippen LogP contribution in [0, 0.1) is 0 Å². The van der Waals surface area contributed by atoms with E-state index in [4.69, 9.17) is 86.9 Å². The Balaban J connectivity index is 2.74. The highest BCUT2D eigenvalue weighted by Crippen LogP contribution is 2.38. The third-order valence-corrected chi connectivity index (χ3v) is 8.31. The normalized spacial score (nSPS) is 27.6. The molecule has 0 aromatic heterocycles. The van der Waals surface area contributed by atoms with Crippen molar-refractivity contribution in [2.24, 2.45) is 0 Å². The van der Waals surface area contributed by atoms with Gasteiger partial charge >= 0.3 is 41.9 Å². The topological polar surface area (TPSA) is 282 Å². The van der Waals surface area contributed by atoms with Gasteiger partial charge in [-0.2, -0.15) is 0 Å². The third kappa shape index (κ3) is 16.2. The Morgan fingerprint density at radius 3 is 2.02 bits per heavy atom. The number of amides is 2. The molecule has 2 saturated heterocycles. The van der Waals surface area contributed by atoms with Crippen LogP contribution in [-0.4, -0.2) is 157 Å². The number of esters is 6. The van der Waals surface area contributed by atoms with Gasteiger partial charge in [-0.15, -0.1) is 6.58 Å². The minimum atomic E-state index is -2.72. The summed E-state index contributed by atoms with van der Waals surface area (Å²) in [7, 11) is 0.929. The number of halogens is 3. The molecule has 2 fully saturated rings. The van der Waals surface area contributed by atoms with Gasteiger partial charge in [-0.3, -0.25) is 28.8 Å². The highest BCUT2D eigenvalue weighted by atomic mass is 35.6. The molecule has 0 unspecified atom stereocenters. The van der Waals surface area contributed by atoms with Crippen molar-refractivity contribution in [3.05, 3.63) is 12.7 Å². The first-order chi connectivity index (χ1) is 27.4. The van der Waals surface area contributed by atoms with Crippen molar-refractivity contribution >= 4 is 82.6 Å². The van der Waals surface area contributed by atoms with Crippen molar-refractivity contribution in [3.63, 3.8) is 0 Å². The molecule has 11 atom stereocenters. The van der Waals surface area contributed by atoms with Crippen molar-refractivity contribution in [1.82, 2.24) is 10.6 Å². The summed E-state index contributed by atoms with van der Waals surface area (Å²) in [6.07, 6.45) is -14.4. The second-order valence-electron chi connectivity index (χ2n) is 12.8. The summed E-state index contributed by atoms with van der Waals surface area (Å²) < 4.78 is 58.7. The fourth-order valence-corrected chi connectivity index (χ4v) is 6.10. The summed E-state index contributed by atoms with van der Waals surface area (Å²) in [4.78, 5) is 101. The summed E-state index contributed by atoms with van der Waals surface area (Å²) >= 11 is 17.0. The Morgan fingerprint density at radius 2 is 1.51 bits per heavy atom. The van der Waals surface area contributed by atoms with Gasteiger partial charge in [0.05, 0.1) is 32.8 Å². The lowest BCUT2D eigenvalue weighted by atomic mass is 9.87. The van der Waals surface area contributed by atoms with Crippen molar-refractivity contribution in [2.75, 3.05) is 33.5 Å². The first-order valence-electron chi connectivity index (χ1n) is 17.5. The summed E-state index contributed by atoms with van der Waals surface area (Å²) in [5.74, 6) is -9.49. The third-order valence-electron chi connectivity index (χ3n) is 7.98. The Morgan fingerprint density at radius 1 is 0.881 bits per heavy atom. The van der Waals surface area contributed by atoms with Gasteiger partial charge in [0.25, 0.3) is 5.79 Å². The van der Waals surface area contributed by atoms with Crippen LogP contribution in [0.5, 0.6) is 0 Å². The minimum absolute atomic E-state index is 0.232. The van der Waals surface area contributed by atoms with E-state index in [-0.39, 0.29) is 6.61 Å². The van der Waals surface area contributed by atoms with E-state index >= 15 is 0 Å². The zero-order valence-corrected chi connectivity index (χ0v) is 35.2. The number of aliphatic hydroxyl groups is 1. The van der Waals surface area contributed by atoms with Crippen molar-refractivity contribution in [3.8, 4) is 0 Å². The van der Waals surface area contributed by atoms with Gasteiger partial charge in [-0.1, -0.05) is 40.9 Å². The van der Waals surface area contributed by atoms with Crippen molar-refractivity contribution in [1.29, 1.82) is 0 Å². The predicted octanol–water partition coefficient (Wildman–Crippen LogP) is 0.209. The minimum Gasteiger partial charge on any atom is -0.465 e. The smallest absolute Gasteiger partial charge is 0.407 e. The standard InChI is InChI=1S/C34H47Cl3N2O20/c1-9-10-50-30-25(39-32(48)52-14-34(35,36)37)26(46)27(56-19(6)44)23(58-30)13-53-33(31(47)49-8)11-21(54-17(4)42)24(38-15(2)40)29(59-33)28(57-20(7)45)22(55-18(5)43)12-51-16(3)41/h9,21-30,46H,1,10-14H2,2-8H3,(H,38,40)(H,39,48)/t21-,22+,23+,24+,25+,26+,27+,28+,29+,30-,33+/m0/s1. The molecule has 3 N–H and O–H groups in total. The summed E-state index contributed by atoms with van der Waals surface area (Å²) in [5.41, 5.74) is 0. The number of hydrogen-bond acceptors (Lipinski definition) is 20. The van der Waals surface area contributed by atoms with Gasteiger partial charge in [0.15, 0.2) is 24.6 Å². The van der Waals surface area contributed by atoms with Crippen LogP contribution in [0.2, 0.25) is 0 Å². The lowest BCUT2D eigenvalue weighted by Gasteiger charge is -2.49. The molecular weight excluding hydrogens is 863 g/mol. The lowest BCUT2D eigenvalue weighted by Crippen LogP contribution is -2.70. The average molecular weight is 910 g/mol. The van der Waals surface area contributed by atoms with Gasteiger partial charge in [0, 0.05) is 41.5 Å². The average Bonchev–Trinajstić information content (AvgIpc) is 3.11. The highest BCUT2D eigenvalue weighted by molar-refractivity contribution is 6.67. The fourth-order valence-electron chi connectivity index (χ4n) is 5.94. The Kier molecular flexibility index (Phi) is 20.0. The molecule has 2 aliphatic rings. The van der Waals surface area contributed by atoms with E-state index in [1.807, 2.05) is 0 Å². The number of hydrogen-bond donors (Lipinski definition) is 3. The summed E-state index contributed by atoms with van der Waals surface area (Å²) in [5, 5.41) is 16.3. The number of rotatable bonds is 18. The first-order valence-corrected chi connectivity index (χ1v) is 18.6. The Hall–Kier alpha value is -4.03. The summed E-state index contributed by atoms with van der Waals surface area (Å²) in [6, 6.07) is -3.06. The molecule has 2 aliphatic heterocycles. The van der Waals surface area contributed by atoms with E-state index in [1.165, 1.54) is 6.08 Å². The monoisotopic (exact) mass is 908 g/mol. The Labute approximate surface area is 352 Å². The molecule has 0 radical (unpaired) electrons. The molecule has 0 spiro atoms. The maximum Gasteiger partial charge on any atom is 0.407 e. The van der Waals surface area contributed by atoms with Crippen LogP contribution in [0.1, 0.15) is 48.0 Å². The zero-order valence-electron chi connectivity index (χ0n) is 32.9. The molecule has 25 heteroatoms. The maximum absolute atomic E-state index is 13.8. The van der Waals surface area contributed by atoms with Gasteiger partial charge in [0.1, 0.15) is 43.7 Å². The van der Waals surface area contributed by atoms with Crippen molar-refractivity contribution in [2.45, 2.75) is 119 Å². The fraction of sp³-hybridized carbons (Fsp3) is 0.706. The molecule has 2 amide bonds. The molecule has 0 saturated carbocycles. The van der Waals surface area contributed by atoms with Gasteiger partial charge in [-0.05, 0) is 0 Å². The quantitative estimate of drug-likeness (QED) is 0.0717. The van der Waals surface area contributed by atoms with E-state index in [1.54, 1.807) is 0 Å². The van der Waals surface area contributed by atoms with E-state index in [2.05, 4.69) is 17.2 Å². The maximum atomic E-state index is 13.8. The molecule has 334 valence electrons. The number of alkyl carbamates (subject to hydrolysis) is 1. The number of alkyl halides is 3. The second-order valence-corrected chi connectivity index (χ2v) is 15.3. The van der Waals surface area contributed by atoms with E-state index in [0.29, 0.717) is 0 Å². The molecule has 2 heterocycles. The van der Waals surface area contributed by atoms with E-state index in [0.717, 1.165) is 48.7 Å². The van der Waals surface area contributed by atoms with Crippen LogP contribution in [0.15, 0.2) is 12.7 Å². The van der Waals surface area contributed by atoms with Gasteiger partial charge in [0.2, 0.25) is 9.70 Å². The van der Waals surface area contributed by atoms with Crippen LogP contribution in [0.25, 0.3) is 0 Å². The first kappa shape index (κ1) is 51.1. The molecule has 0 bridgehead atoms. The molecular formula is C34H47Cl3N2O20. The lowest BCUT2D eigenvalue weighted by molar-refractivity contribution is -0.332. The molecule has 0 aromatic carbocycles. The van der Waals surface area contributed by atoms with Gasteiger partial charge in [-0.25, -0.2) is 9.59 Å². The molecule has 22 nitrogen and oxygen atoms in total. The number of carbonyl (C=O) groups excluding carboxylic acids is 8. The SMILES string of the molecule is C=CCO[C@H]1O[C@H](CO[C@]2(C(=O)OC)C[C@H](OC(C)=O)[C@@H](NC(C)=O)[C@H]([C@H](OC(C)=O)[C@@H](COC(C)=O)OC(C)=O)O2)[C@@H](OC(C)=O)[C@H](O)[C@H]1NC(=O)OCC(Cl)(Cl)Cl. The van der Waals surface area contributed by atoms with E-state index in [9.17, 15) is 43.5 Å². The van der Waals surface area contributed by atoms with Crippen LogP contribution < -0.4 is 10.6 Å². The molecule has 0 aliphatic carbocycles. The number of ether oxygens (including phenoxy) is 11. The zero-order chi connectivity index (χ0) is 44.8. The molecule has 0 aromatic rings. The number of nitrogens with one attached hydrogen (secondary N) is 2. The highest BCUT2D eigenvalue weighted by Gasteiger charge is 2.60. The molecule has 2 rings (SSSR count). The summed E-state index contributed by atoms with van der Waals surface area (Å²) in [6.45, 7) is 7.04. The second kappa shape index (κ2) is 23.1. The predicted molar refractivity (Wildman–Crippen MR) is 196 cm³/mol. The van der Waals surface area contributed by atoms with Crippen LogP contribution in [0.4, 0.5) is 4.79 Å². The van der Waals surface area contributed by atoms with Crippen LogP contribution in [-0.2, 0) is 85.7 Å². The molecule has 59 heavy (non-hydrogen) atoms. The van der Waals surface area contributed by atoms with Crippen LogP contribution >= 0.6 is 34.8 Å². The number of carbonyl (C=O) groups is 8. The van der Waals surface area contributed by atoms with Gasteiger partial charge < -0.3 is 67.8 Å². The van der Waals surface area contributed by atoms with E-state index < -0.39 is 145 Å². The number of methoxy groups -OCH3 is 1. The largest absolute Gasteiger partial charge is 0.465 e. The van der Waals surface area contributed by atoms with Crippen LogP contribution in [0.3, 0.4) is 0 Å². The van der Waals surface area contributed by atoms with Crippen molar-refractivity contribution < 1.29 is 95.6 Å². The number of aliphatic hydroxyl groups excluding tert-OH is 1. The Bertz CT molecular complexity index is 1550.